The molecule has 46 heavy (non-hydrogen) atoms. The van der Waals surface area contributed by atoms with Crippen molar-refractivity contribution in [1.29, 1.82) is 0 Å². The molecule has 0 fully saturated rings. The summed E-state index contributed by atoms with van der Waals surface area (Å²) in [5.41, 5.74) is -0.337. The van der Waals surface area contributed by atoms with E-state index in [0.717, 1.165) is 48.5 Å². The molecule has 0 aliphatic heterocycles. The van der Waals surface area contributed by atoms with Gasteiger partial charge in [0.05, 0.1) is 17.7 Å². The number of hydrogen-bond donors (Lipinski definition) is 0. The number of Topliss-reactive ketones (excluding diaryl/α,β-unsaturated/α-hetero) is 4. The van der Waals surface area contributed by atoms with E-state index in [4.69, 9.17) is 10.7 Å². The zero-order chi connectivity index (χ0) is 35.0. The molecule has 3 rings (SSSR count). The molecule has 0 radical (unpaired) electrons. The van der Waals surface area contributed by atoms with Crippen LogP contribution < -0.4 is 0 Å². The molecule has 18 heteroatoms. The molecule has 246 valence electrons. The van der Waals surface area contributed by atoms with Crippen molar-refractivity contribution in [3.63, 3.8) is 0 Å². The SMILES string of the molecule is O=C(CC(=O)C(F)(F)C(F)(F)F)c1ccc(-c2ccc(S(=O)(=O)Cl)cc2-c2ccc(C(=O)CC(=O)C(F)(F)C(F)(F)F)cc2)cc1. The fourth-order valence-electron chi connectivity index (χ4n) is 3.87. The van der Waals surface area contributed by atoms with Crippen LogP contribution in [0.15, 0.2) is 71.6 Å². The van der Waals surface area contributed by atoms with Crippen molar-refractivity contribution in [3.05, 3.63) is 77.9 Å². The molecule has 0 saturated heterocycles. The molecule has 0 amide bonds. The number of alkyl halides is 10. The second kappa shape index (κ2) is 12.6. The lowest BCUT2D eigenvalue weighted by molar-refractivity contribution is -0.268. The Hall–Kier alpha value is -4.12. The Labute approximate surface area is 256 Å². The topological polar surface area (TPSA) is 102 Å². The Bertz CT molecular complexity index is 1800. The molecule has 0 bridgehead atoms. The second-order valence-electron chi connectivity index (χ2n) is 9.49. The normalized spacial score (nSPS) is 12.9. The standard InChI is InChI=1S/C28H15ClF10O6S/c29-46(44,45)18-9-10-19(14-1-5-16(6-2-14)21(40)12-23(42)25(30,31)27(34,35)36)20(11-18)15-3-7-17(8-4-15)22(41)13-24(43)26(32,33)28(37,38)39/h1-11H,12-13H2. The van der Waals surface area contributed by atoms with Crippen molar-refractivity contribution in [3.8, 4) is 22.3 Å². The quantitative estimate of drug-likeness (QED) is 0.0881. The third-order valence-corrected chi connectivity index (χ3v) is 7.71. The lowest BCUT2D eigenvalue weighted by Gasteiger charge is -2.17. The van der Waals surface area contributed by atoms with Crippen molar-refractivity contribution in [2.45, 2.75) is 41.9 Å². The average Bonchev–Trinajstić information content (AvgIpc) is 2.95. The van der Waals surface area contributed by atoms with Gasteiger partial charge in [-0.1, -0.05) is 54.6 Å². The maximum atomic E-state index is 13.2. The van der Waals surface area contributed by atoms with Crippen LogP contribution in [0.25, 0.3) is 22.3 Å². The zero-order valence-electron chi connectivity index (χ0n) is 22.3. The highest BCUT2D eigenvalue weighted by molar-refractivity contribution is 8.13. The number of rotatable bonds is 11. The number of halogens is 11. The fraction of sp³-hybridized carbons (Fsp3) is 0.214. The summed E-state index contributed by atoms with van der Waals surface area (Å²) in [5.74, 6) is -19.6. The first-order valence-corrected chi connectivity index (χ1v) is 14.5. The first-order chi connectivity index (χ1) is 20.9. The van der Waals surface area contributed by atoms with Crippen LogP contribution in [0.2, 0.25) is 0 Å². The summed E-state index contributed by atoms with van der Waals surface area (Å²) in [4.78, 5) is 46.9. The summed E-state index contributed by atoms with van der Waals surface area (Å²) in [7, 11) is 1.08. The Morgan fingerprint density at radius 2 is 0.891 bits per heavy atom. The summed E-state index contributed by atoms with van der Waals surface area (Å²) in [6.45, 7) is 0. The number of hydrogen-bond acceptors (Lipinski definition) is 6. The third-order valence-electron chi connectivity index (χ3n) is 6.36. The van der Waals surface area contributed by atoms with E-state index in [-0.39, 0.29) is 22.3 Å². The Balaban J connectivity index is 1.95. The molecule has 3 aromatic carbocycles. The maximum Gasteiger partial charge on any atom is 0.461 e. The molecule has 0 spiro atoms. The van der Waals surface area contributed by atoms with Crippen LogP contribution in [0.4, 0.5) is 43.9 Å². The Morgan fingerprint density at radius 3 is 1.22 bits per heavy atom. The smallest absolute Gasteiger partial charge is 0.294 e. The first kappa shape index (κ1) is 36.3. The van der Waals surface area contributed by atoms with E-state index in [1.165, 1.54) is 18.2 Å². The average molecular weight is 705 g/mol. The molecule has 0 heterocycles. The van der Waals surface area contributed by atoms with Crippen molar-refractivity contribution in [2.75, 3.05) is 0 Å². The van der Waals surface area contributed by atoms with Gasteiger partial charge in [0.15, 0.2) is 11.6 Å². The maximum absolute atomic E-state index is 13.2. The van der Waals surface area contributed by atoms with Crippen LogP contribution >= 0.6 is 10.7 Å². The van der Waals surface area contributed by atoms with Crippen LogP contribution in [-0.2, 0) is 18.6 Å². The van der Waals surface area contributed by atoms with E-state index in [0.29, 0.717) is 0 Å². The van der Waals surface area contributed by atoms with Gasteiger partial charge in [0.25, 0.3) is 9.05 Å². The van der Waals surface area contributed by atoms with Gasteiger partial charge >= 0.3 is 24.2 Å². The van der Waals surface area contributed by atoms with E-state index in [9.17, 15) is 71.5 Å². The largest absolute Gasteiger partial charge is 0.461 e. The Morgan fingerprint density at radius 1 is 0.543 bits per heavy atom. The van der Waals surface area contributed by atoms with E-state index in [2.05, 4.69) is 0 Å². The van der Waals surface area contributed by atoms with Crippen LogP contribution in [0.3, 0.4) is 0 Å². The first-order valence-electron chi connectivity index (χ1n) is 12.2. The molecule has 0 aromatic heterocycles. The highest BCUT2D eigenvalue weighted by Gasteiger charge is 2.63. The lowest BCUT2D eigenvalue weighted by Crippen LogP contribution is -2.44. The van der Waals surface area contributed by atoms with Gasteiger partial charge in [-0.05, 0) is 34.4 Å². The zero-order valence-corrected chi connectivity index (χ0v) is 23.9. The summed E-state index contributed by atoms with van der Waals surface area (Å²) in [6, 6.07) is 11.9. The van der Waals surface area contributed by atoms with Gasteiger partial charge in [-0.3, -0.25) is 19.2 Å². The minimum Gasteiger partial charge on any atom is -0.294 e. The van der Waals surface area contributed by atoms with Gasteiger partial charge in [0, 0.05) is 21.8 Å². The van der Waals surface area contributed by atoms with Gasteiger partial charge in [-0.15, -0.1) is 0 Å². The minimum atomic E-state index is -6.22. The van der Waals surface area contributed by atoms with Crippen molar-refractivity contribution in [1.82, 2.24) is 0 Å². The summed E-state index contributed by atoms with van der Waals surface area (Å²) < 4.78 is 151. The van der Waals surface area contributed by atoms with Crippen LogP contribution in [0.5, 0.6) is 0 Å². The van der Waals surface area contributed by atoms with Crippen molar-refractivity contribution < 1.29 is 71.5 Å². The van der Waals surface area contributed by atoms with Gasteiger partial charge in [0.2, 0.25) is 11.6 Å². The second-order valence-corrected chi connectivity index (χ2v) is 12.1. The molecule has 0 aliphatic carbocycles. The Kier molecular flexibility index (Phi) is 9.94. The summed E-state index contributed by atoms with van der Waals surface area (Å²) >= 11 is 0. The highest BCUT2D eigenvalue weighted by Crippen LogP contribution is 2.39. The van der Waals surface area contributed by atoms with Gasteiger partial charge in [0.1, 0.15) is 0 Å². The van der Waals surface area contributed by atoms with Crippen molar-refractivity contribution in [2.24, 2.45) is 0 Å². The number of carbonyl (C=O) groups excluding carboxylic acids is 4. The van der Waals surface area contributed by atoms with Gasteiger partial charge < -0.3 is 0 Å². The van der Waals surface area contributed by atoms with E-state index in [1.54, 1.807) is 0 Å². The molecule has 0 aliphatic rings. The molecule has 0 unspecified atom stereocenters. The molecule has 0 N–H and O–H groups in total. The van der Waals surface area contributed by atoms with Gasteiger partial charge in [-0.2, -0.15) is 43.9 Å². The number of benzene rings is 3. The van der Waals surface area contributed by atoms with Crippen molar-refractivity contribution >= 4 is 42.9 Å². The minimum absolute atomic E-state index is 0.0551. The lowest BCUT2D eigenvalue weighted by atomic mass is 9.92. The predicted octanol–water partition coefficient (Wildman–Crippen LogP) is 7.63. The molecule has 0 atom stereocenters. The number of ketones is 4. The number of carbonyl (C=O) groups is 4. The molecule has 6 nitrogen and oxygen atoms in total. The molecule has 0 saturated carbocycles. The van der Waals surface area contributed by atoms with E-state index in [1.807, 2.05) is 0 Å². The highest BCUT2D eigenvalue weighted by atomic mass is 35.7. The van der Waals surface area contributed by atoms with Crippen LogP contribution in [0, 0.1) is 0 Å². The molecule has 3 aromatic rings. The fourth-order valence-corrected chi connectivity index (χ4v) is 4.65. The van der Waals surface area contributed by atoms with E-state index < -0.39 is 85.2 Å². The summed E-state index contributed by atoms with van der Waals surface area (Å²) in [6.07, 6.45) is -16.0. The van der Waals surface area contributed by atoms with Gasteiger partial charge in [-0.25, -0.2) is 8.42 Å². The predicted molar refractivity (Wildman–Crippen MR) is 140 cm³/mol. The molecular weight excluding hydrogens is 690 g/mol. The van der Waals surface area contributed by atoms with Crippen LogP contribution in [0.1, 0.15) is 33.6 Å². The molecular formula is C28H15ClF10O6S. The summed E-state index contributed by atoms with van der Waals surface area (Å²) in [5, 5.41) is 0. The van der Waals surface area contributed by atoms with E-state index >= 15 is 0 Å². The monoisotopic (exact) mass is 704 g/mol. The third kappa shape index (κ3) is 7.63. The van der Waals surface area contributed by atoms with Crippen LogP contribution in [-0.4, -0.2) is 55.7 Å².